The molecule has 1 aromatic heterocycles. The number of carbonyl (C=O) groups is 1. The van der Waals surface area contributed by atoms with Crippen molar-refractivity contribution in [2.45, 2.75) is 31.6 Å². The second-order valence-corrected chi connectivity index (χ2v) is 6.70. The summed E-state index contributed by atoms with van der Waals surface area (Å²) >= 11 is 3.30. The minimum Gasteiger partial charge on any atom is -0.484 e. The molecule has 11 heteroatoms. The van der Waals surface area contributed by atoms with Crippen LogP contribution in [0.25, 0.3) is 0 Å². The number of alkyl halides is 4. The molecule has 1 aromatic carbocycles. The van der Waals surface area contributed by atoms with Crippen molar-refractivity contribution in [1.82, 2.24) is 5.01 Å². The molecule has 1 amide bonds. The summed E-state index contributed by atoms with van der Waals surface area (Å²) in [5.74, 6) is -1.05. The third kappa shape index (κ3) is 3.90. The van der Waals surface area contributed by atoms with E-state index in [9.17, 15) is 27.5 Å². The van der Waals surface area contributed by atoms with E-state index in [1.54, 1.807) is 24.3 Å². The molecule has 1 atom stereocenters. The van der Waals surface area contributed by atoms with Gasteiger partial charge in [-0.2, -0.15) is 10.1 Å². The van der Waals surface area contributed by atoms with E-state index in [4.69, 9.17) is 9.15 Å². The quantitative estimate of drug-likeness (QED) is 0.654. The molecular weight excluding hydrogens is 452 g/mol. The summed E-state index contributed by atoms with van der Waals surface area (Å²) in [4.78, 5) is 12.4. The van der Waals surface area contributed by atoms with E-state index in [1.807, 2.05) is 0 Å². The van der Waals surface area contributed by atoms with Gasteiger partial charge in [0, 0.05) is 6.42 Å². The summed E-state index contributed by atoms with van der Waals surface area (Å²) in [6.07, 6.45) is -7.86. The van der Waals surface area contributed by atoms with Gasteiger partial charge in [-0.1, -0.05) is 12.1 Å². The monoisotopic (exact) mass is 464 g/mol. The van der Waals surface area contributed by atoms with Crippen LogP contribution in [0.4, 0.5) is 17.6 Å². The standard InChI is InChI=1S/C17H13BrF4N2O4/c18-10-3-1-2-4-12(10)27-8-9-5-6-13(28-9)15(25)24-17(26,16(21)22)7-11(23-24)14(19)20/h1-6,14,16,26H,7-8H2. The van der Waals surface area contributed by atoms with E-state index in [2.05, 4.69) is 21.0 Å². The molecule has 1 aliphatic rings. The van der Waals surface area contributed by atoms with Gasteiger partial charge in [-0.25, -0.2) is 17.6 Å². The van der Waals surface area contributed by atoms with Crippen molar-refractivity contribution in [2.75, 3.05) is 0 Å². The summed E-state index contributed by atoms with van der Waals surface area (Å²) in [7, 11) is 0. The Hall–Kier alpha value is -2.40. The van der Waals surface area contributed by atoms with Crippen LogP contribution < -0.4 is 4.74 Å². The van der Waals surface area contributed by atoms with Gasteiger partial charge in [0.1, 0.15) is 23.8 Å². The van der Waals surface area contributed by atoms with Crippen LogP contribution in [0.1, 0.15) is 22.7 Å². The van der Waals surface area contributed by atoms with Gasteiger partial charge in [0.25, 0.3) is 12.9 Å². The zero-order valence-corrected chi connectivity index (χ0v) is 15.6. The molecule has 0 saturated carbocycles. The number of hydrogen-bond acceptors (Lipinski definition) is 5. The predicted octanol–water partition coefficient (Wildman–Crippen LogP) is 4.04. The van der Waals surface area contributed by atoms with Gasteiger partial charge in [-0.05, 0) is 40.2 Å². The van der Waals surface area contributed by atoms with Crippen molar-refractivity contribution in [3.63, 3.8) is 0 Å². The summed E-state index contributed by atoms with van der Waals surface area (Å²) < 4.78 is 63.5. The first-order valence-corrected chi connectivity index (χ1v) is 8.68. The molecule has 150 valence electrons. The van der Waals surface area contributed by atoms with Crippen LogP contribution in [0.15, 0.2) is 50.4 Å². The van der Waals surface area contributed by atoms with Gasteiger partial charge in [0.15, 0.2) is 5.76 Å². The first-order valence-electron chi connectivity index (χ1n) is 7.89. The first kappa shape index (κ1) is 20.3. The van der Waals surface area contributed by atoms with Crippen LogP contribution in [0, 0.1) is 0 Å². The highest BCUT2D eigenvalue weighted by Crippen LogP contribution is 2.34. The van der Waals surface area contributed by atoms with Crippen LogP contribution in [-0.2, 0) is 6.61 Å². The Balaban J connectivity index is 1.76. The minimum absolute atomic E-state index is 0.0591. The summed E-state index contributed by atoms with van der Waals surface area (Å²) in [5, 5.41) is 13.1. The van der Waals surface area contributed by atoms with Gasteiger partial charge < -0.3 is 14.3 Å². The van der Waals surface area contributed by atoms with E-state index in [1.165, 1.54) is 6.07 Å². The summed E-state index contributed by atoms with van der Waals surface area (Å²) in [5.41, 5.74) is -4.18. The molecule has 1 unspecified atom stereocenters. The van der Waals surface area contributed by atoms with Gasteiger partial charge in [0.05, 0.1) is 4.47 Å². The molecule has 0 aliphatic carbocycles. The van der Waals surface area contributed by atoms with Crippen molar-refractivity contribution in [1.29, 1.82) is 0 Å². The van der Waals surface area contributed by atoms with Crippen molar-refractivity contribution >= 4 is 27.5 Å². The summed E-state index contributed by atoms with van der Waals surface area (Å²) in [6, 6.07) is 9.49. The molecule has 0 fully saturated rings. The van der Waals surface area contributed by atoms with Gasteiger partial charge in [-0.3, -0.25) is 4.79 Å². The Kier molecular flexibility index (Phi) is 5.75. The zero-order chi connectivity index (χ0) is 20.5. The average molecular weight is 465 g/mol. The van der Waals surface area contributed by atoms with Crippen LogP contribution in [0.3, 0.4) is 0 Å². The number of hydrazone groups is 1. The third-order valence-corrected chi connectivity index (χ3v) is 4.56. The van der Waals surface area contributed by atoms with Crippen LogP contribution >= 0.6 is 15.9 Å². The Morgan fingerprint density at radius 1 is 1.29 bits per heavy atom. The first-order chi connectivity index (χ1) is 13.2. The Labute approximate surface area is 164 Å². The second-order valence-electron chi connectivity index (χ2n) is 5.85. The molecule has 28 heavy (non-hydrogen) atoms. The van der Waals surface area contributed by atoms with E-state index >= 15 is 0 Å². The number of rotatable bonds is 6. The Bertz CT molecular complexity index is 905. The van der Waals surface area contributed by atoms with E-state index in [-0.39, 0.29) is 17.4 Å². The number of nitrogens with zero attached hydrogens (tertiary/aromatic N) is 2. The molecule has 6 nitrogen and oxygen atoms in total. The molecule has 0 spiro atoms. The number of hydrogen-bond donors (Lipinski definition) is 1. The maximum absolute atomic E-state index is 13.2. The largest absolute Gasteiger partial charge is 0.484 e. The molecule has 0 bridgehead atoms. The Morgan fingerprint density at radius 2 is 2.00 bits per heavy atom. The molecule has 1 N–H and O–H groups in total. The van der Waals surface area contributed by atoms with E-state index < -0.39 is 42.4 Å². The van der Waals surface area contributed by atoms with Gasteiger partial charge in [-0.15, -0.1) is 0 Å². The number of ether oxygens (including phenoxy) is 1. The molecule has 0 saturated heterocycles. The minimum atomic E-state index is -3.51. The van der Waals surface area contributed by atoms with Crippen molar-refractivity contribution in [2.24, 2.45) is 5.10 Å². The number of benzene rings is 1. The van der Waals surface area contributed by atoms with Crippen molar-refractivity contribution in [3.8, 4) is 5.75 Å². The highest BCUT2D eigenvalue weighted by molar-refractivity contribution is 9.10. The summed E-state index contributed by atoms with van der Waals surface area (Å²) in [6.45, 7) is -0.0828. The van der Waals surface area contributed by atoms with Crippen LogP contribution in [0.2, 0.25) is 0 Å². The fraction of sp³-hybridized carbons (Fsp3) is 0.294. The number of para-hydroxylation sites is 1. The predicted molar refractivity (Wildman–Crippen MR) is 92.4 cm³/mol. The lowest BCUT2D eigenvalue weighted by Crippen LogP contribution is -2.51. The number of amides is 1. The fourth-order valence-electron chi connectivity index (χ4n) is 2.49. The highest BCUT2D eigenvalue weighted by Gasteiger charge is 2.53. The molecule has 3 rings (SSSR count). The maximum Gasteiger partial charge on any atom is 0.312 e. The fourth-order valence-corrected chi connectivity index (χ4v) is 2.89. The average Bonchev–Trinajstić information content (AvgIpc) is 3.26. The zero-order valence-electron chi connectivity index (χ0n) is 14.0. The number of furan rings is 1. The second kappa shape index (κ2) is 7.92. The van der Waals surface area contributed by atoms with Gasteiger partial charge >= 0.3 is 5.91 Å². The normalized spacial score (nSPS) is 19.4. The van der Waals surface area contributed by atoms with Crippen LogP contribution in [0.5, 0.6) is 5.75 Å². The topological polar surface area (TPSA) is 75.3 Å². The molecular formula is C17H13BrF4N2O4. The highest BCUT2D eigenvalue weighted by atomic mass is 79.9. The number of carbonyl (C=O) groups excluding carboxylic acids is 1. The van der Waals surface area contributed by atoms with Crippen LogP contribution in [-0.4, -0.2) is 40.3 Å². The van der Waals surface area contributed by atoms with E-state index in [0.29, 0.717) is 10.2 Å². The molecule has 1 aliphatic heterocycles. The lowest BCUT2D eigenvalue weighted by atomic mass is 10.1. The van der Waals surface area contributed by atoms with E-state index in [0.717, 1.165) is 6.07 Å². The lowest BCUT2D eigenvalue weighted by Gasteiger charge is -2.29. The number of halogens is 5. The third-order valence-electron chi connectivity index (χ3n) is 3.91. The Morgan fingerprint density at radius 3 is 2.64 bits per heavy atom. The maximum atomic E-state index is 13.2. The van der Waals surface area contributed by atoms with Gasteiger partial charge in [0.2, 0.25) is 5.72 Å². The molecule has 2 aromatic rings. The molecule has 2 heterocycles. The van der Waals surface area contributed by atoms with Crippen molar-refractivity contribution < 1.29 is 36.6 Å². The SMILES string of the molecule is O=C(c1ccc(COc2ccccc2Br)o1)N1N=C(C(F)F)CC1(O)C(F)F. The van der Waals surface area contributed by atoms with Crippen molar-refractivity contribution in [3.05, 3.63) is 52.4 Å². The number of aliphatic hydroxyl groups is 1. The lowest BCUT2D eigenvalue weighted by molar-refractivity contribution is -0.164. The molecule has 0 radical (unpaired) electrons. The smallest absolute Gasteiger partial charge is 0.312 e.